The highest BCUT2D eigenvalue weighted by atomic mass is 32.2. The highest BCUT2D eigenvalue weighted by Crippen LogP contribution is 2.55. The van der Waals surface area contributed by atoms with Crippen LogP contribution in [0.4, 0.5) is 10.1 Å². The SMILES string of the molecule is CS(=O)(=O)N(CCCC(=O)NC12CC3CC(CC(C3)C1)C2)c1ccc(F)cc1. The van der Waals surface area contributed by atoms with Crippen LogP contribution in [0.3, 0.4) is 0 Å². The molecule has 1 amide bonds. The lowest BCUT2D eigenvalue weighted by Gasteiger charge is -2.56. The van der Waals surface area contributed by atoms with Crippen molar-refractivity contribution in [2.45, 2.75) is 56.9 Å². The van der Waals surface area contributed by atoms with Crippen LogP contribution in [0.1, 0.15) is 51.4 Å². The summed E-state index contributed by atoms with van der Waals surface area (Å²) >= 11 is 0. The maximum atomic E-state index is 13.1. The molecule has 0 aliphatic heterocycles. The second-order valence-electron chi connectivity index (χ2n) is 9.16. The normalized spacial score (nSPS) is 31.0. The quantitative estimate of drug-likeness (QED) is 0.751. The van der Waals surface area contributed by atoms with Crippen LogP contribution in [0, 0.1) is 23.6 Å². The summed E-state index contributed by atoms with van der Waals surface area (Å²) in [6.45, 7) is 0.207. The van der Waals surface area contributed by atoms with E-state index in [0.29, 0.717) is 18.5 Å². The minimum absolute atomic E-state index is 0.0146. The Morgan fingerprint density at radius 2 is 1.64 bits per heavy atom. The molecule has 28 heavy (non-hydrogen) atoms. The molecule has 7 heteroatoms. The smallest absolute Gasteiger partial charge is 0.232 e. The summed E-state index contributed by atoms with van der Waals surface area (Å²) in [6, 6.07) is 5.39. The molecule has 4 fully saturated rings. The summed E-state index contributed by atoms with van der Waals surface area (Å²) in [6.07, 6.45) is 9.17. The van der Waals surface area contributed by atoms with Gasteiger partial charge in [-0.2, -0.15) is 0 Å². The van der Waals surface area contributed by atoms with Crippen molar-refractivity contribution in [2.75, 3.05) is 17.1 Å². The van der Waals surface area contributed by atoms with Crippen LogP contribution in [0.5, 0.6) is 0 Å². The molecule has 4 saturated carbocycles. The van der Waals surface area contributed by atoms with Crippen molar-refractivity contribution >= 4 is 21.6 Å². The first-order valence-corrected chi connectivity index (χ1v) is 12.1. The summed E-state index contributed by atoms with van der Waals surface area (Å²) < 4.78 is 38.6. The van der Waals surface area contributed by atoms with Crippen LogP contribution < -0.4 is 9.62 Å². The summed E-state index contributed by atoms with van der Waals surface area (Å²) in [5.41, 5.74) is 0.407. The van der Waals surface area contributed by atoms with E-state index in [0.717, 1.165) is 43.3 Å². The Morgan fingerprint density at radius 3 is 2.14 bits per heavy atom. The minimum atomic E-state index is -3.49. The second kappa shape index (κ2) is 7.32. The Bertz CT molecular complexity index is 802. The average Bonchev–Trinajstić information content (AvgIpc) is 2.57. The second-order valence-corrected chi connectivity index (χ2v) is 11.1. The predicted molar refractivity (Wildman–Crippen MR) is 107 cm³/mol. The Labute approximate surface area is 166 Å². The molecule has 4 aliphatic carbocycles. The molecule has 0 spiro atoms. The minimum Gasteiger partial charge on any atom is -0.351 e. The van der Waals surface area contributed by atoms with Gasteiger partial charge in [0.2, 0.25) is 15.9 Å². The standard InChI is InChI=1S/C21H29FN2O3S/c1-28(26,27)24(19-6-4-18(22)5-7-19)8-2-3-20(25)23-21-12-15-9-16(13-21)11-17(10-15)14-21/h4-7,15-17H,2-3,8-14H2,1H3,(H,23,25). The molecule has 1 aromatic carbocycles. The van der Waals surface area contributed by atoms with Gasteiger partial charge < -0.3 is 5.32 Å². The van der Waals surface area contributed by atoms with Gasteiger partial charge in [-0.05, 0) is 87.0 Å². The Balaban J connectivity index is 1.33. The number of anilines is 1. The zero-order valence-electron chi connectivity index (χ0n) is 16.4. The molecule has 5 nitrogen and oxygen atoms in total. The maximum absolute atomic E-state index is 13.1. The van der Waals surface area contributed by atoms with Crippen molar-refractivity contribution in [3.63, 3.8) is 0 Å². The van der Waals surface area contributed by atoms with Gasteiger partial charge in [0.15, 0.2) is 0 Å². The van der Waals surface area contributed by atoms with Crippen LogP contribution in [0.2, 0.25) is 0 Å². The third kappa shape index (κ3) is 4.19. The maximum Gasteiger partial charge on any atom is 0.232 e. The van der Waals surface area contributed by atoms with Gasteiger partial charge in [0.1, 0.15) is 5.82 Å². The van der Waals surface area contributed by atoms with E-state index in [-0.39, 0.29) is 18.0 Å². The monoisotopic (exact) mass is 408 g/mol. The van der Waals surface area contributed by atoms with E-state index in [1.807, 2.05) is 0 Å². The number of rotatable bonds is 7. The van der Waals surface area contributed by atoms with E-state index in [1.165, 1.54) is 47.8 Å². The first-order chi connectivity index (χ1) is 13.2. The number of carbonyl (C=O) groups is 1. The van der Waals surface area contributed by atoms with E-state index >= 15 is 0 Å². The van der Waals surface area contributed by atoms with Crippen molar-refractivity contribution in [2.24, 2.45) is 17.8 Å². The van der Waals surface area contributed by atoms with E-state index in [4.69, 9.17) is 0 Å². The van der Waals surface area contributed by atoms with Gasteiger partial charge >= 0.3 is 0 Å². The molecule has 0 atom stereocenters. The number of hydrogen-bond donors (Lipinski definition) is 1. The summed E-state index contributed by atoms with van der Waals surface area (Å²) in [5.74, 6) is 1.92. The molecule has 0 unspecified atom stereocenters. The van der Waals surface area contributed by atoms with E-state index < -0.39 is 15.8 Å². The van der Waals surface area contributed by atoms with Crippen LogP contribution >= 0.6 is 0 Å². The van der Waals surface area contributed by atoms with Gasteiger partial charge in [-0.25, -0.2) is 12.8 Å². The van der Waals surface area contributed by atoms with Gasteiger partial charge in [0, 0.05) is 18.5 Å². The summed E-state index contributed by atoms with van der Waals surface area (Å²) in [4.78, 5) is 12.6. The number of amides is 1. The first-order valence-electron chi connectivity index (χ1n) is 10.3. The molecule has 5 rings (SSSR count). The Hall–Kier alpha value is -1.63. The number of nitrogens with one attached hydrogen (secondary N) is 1. The Kier molecular flexibility index (Phi) is 5.14. The molecule has 1 N–H and O–H groups in total. The molecule has 4 aliphatic rings. The number of benzene rings is 1. The number of halogens is 1. The number of hydrogen-bond acceptors (Lipinski definition) is 3. The van der Waals surface area contributed by atoms with Crippen molar-refractivity contribution in [1.82, 2.24) is 5.32 Å². The van der Waals surface area contributed by atoms with Crippen molar-refractivity contribution in [1.29, 1.82) is 0 Å². The fraction of sp³-hybridized carbons (Fsp3) is 0.667. The average molecular weight is 409 g/mol. The number of sulfonamides is 1. The first kappa shape index (κ1) is 19.7. The molecular formula is C21H29FN2O3S. The molecule has 154 valence electrons. The molecule has 0 aromatic heterocycles. The van der Waals surface area contributed by atoms with E-state index in [1.54, 1.807) is 0 Å². The topological polar surface area (TPSA) is 66.5 Å². The van der Waals surface area contributed by atoms with Gasteiger partial charge in [0.05, 0.1) is 11.9 Å². The lowest BCUT2D eigenvalue weighted by atomic mass is 9.53. The Morgan fingerprint density at radius 1 is 1.11 bits per heavy atom. The number of nitrogens with zero attached hydrogens (tertiary/aromatic N) is 1. The van der Waals surface area contributed by atoms with Gasteiger partial charge in [-0.1, -0.05) is 0 Å². The predicted octanol–water partition coefficient (Wildman–Crippen LogP) is 3.46. The molecule has 0 saturated heterocycles. The van der Waals surface area contributed by atoms with Crippen LogP contribution in [-0.4, -0.2) is 32.7 Å². The summed E-state index contributed by atoms with van der Waals surface area (Å²) in [7, 11) is -3.49. The zero-order valence-corrected chi connectivity index (χ0v) is 17.2. The number of carbonyl (C=O) groups excluding carboxylic acids is 1. The molecular weight excluding hydrogens is 379 g/mol. The fourth-order valence-electron chi connectivity index (χ4n) is 6.10. The largest absolute Gasteiger partial charge is 0.351 e. The highest BCUT2D eigenvalue weighted by Gasteiger charge is 2.51. The molecule has 4 bridgehead atoms. The van der Waals surface area contributed by atoms with E-state index in [2.05, 4.69) is 5.32 Å². The molecule has 1 aromatic rings. The van der Waals surface area contributed by atoms with Crippen molar-refractivity contribution in [3.8, 4) is 0 Å². The highest BCUT2D eigenvalue weighted by molar-refractivity contribution is 7.92. The van der Waals surface area contributed by atoms with Crippen molar-refractivity contribution < 1.29 is 17.6 Å². The van der Waals surface area contributed by atoms with E-state index in [9.17, 15) is 17.6 Å². The zero-order chi connectivity index (χ0) is 19.9. The third-order valence-corrected chi connectivity index (χ3v) is 7.92. The van der Waals surface area contributed by atoms with Gasteiger partial charge in [0.25, 0.3) is 0 Å². The lowest BCUT2D eigenvalue weighted by molar-refractivity contribution is -0.126. The van der Waals surface area contributed by atoms with Crippen LogP contribution in [-0.2, 0) is 14.8 Å². The summed E-state index contributed by atoms with van der Waals surface area (Å²) in [5, 5.41) is 3.33. The molecule has 0 radical (unpaired) electrons. The van der Waals surface area contributed by atoms with Crippen LogP contribution in [0.15, 0.2) is 24.3 Å². The molecule has 0 heterocycles. The lowest BCUT2D eigenvalue weighted by Crippen LogP contribution is -2.59. The van der Waals surface area contributed by atoms with Gasteiger partial charge in [-0.15, -0.1) is 0 Å². The van der Waals surface area contributed by atoms with Crippen molar-refractivity contribution in [3.05, 3.63) is 30.1 Å². The fourth-order valence-corrected chi connectivity index (χ4v) is 7.06. The van der Waals surface area contributed by atoms with Gasteiger partial charge in [-0.3, -0.25) is 9.10 Å². The third-order valence-electron chi connectivity index (χ3n) is 6.72. The van der Waals surface area contributed by atoms with Crippen LogP contribution in [0.25, 0.3) is 0 Å².